The van der Waals surface area contributed by atoms with Crippen LogP contribution in [0.25, 0.3) is 0 Å². The average Bonchev–Trinajstić information content (AvgIpc) is 2.36. The van der Waals surface area contributed by atoms with E-state index in [0.29, 0.717) is 17.1 Å². The first-order valence-corrected chi connectivity index (χ1v) is 6.38. The fourth-order valence-electron chi connectivity index (χ4n) is 1.34. The van der Waals surface area contributed by atoms with Crippen molar-refractivity contribution in [2.24, 2.45) is 0 Å². The molecule has 0 amide bonds. The van der Waals surface area contributed by atoms with E-state index in [0.717, 1.165) is 0 Å². The lowest BCUT2D eigenvalue weighted by molar-refractivity contribution is -0.118. The Morgan fingerprint density at radius 2 is 2.19 bits per heavy atom. The topological polar surface area (TPSA) is 43.4 Å². The van der Waals surface area contributed by atoms with Crippen LogP contribution < -0.4 is 4.74 Å². The van der Waals surface area contributed by atoms with Crippen molar-refractivity contribution in [1.29, 1.82) is 0 Å². The molecular formula is C12H16O3S. The lowest BCUT2D eigenvalue weighted by Crippen LogP contribution is -2.21. The number of ether oxygens (including phenoxy) is 1. The van der Waals surface area contributed by atoms with Crippen molar-refractivity contribution in [2.45, 2.75) is 30.4 Å². The lowest BCUT2D eigenvalue weighted by atomic mass is 10.2. The fourth-order valence-corrected chi connectivity index (χ4v) is 2.60. The minimum Gasteiger partial charge on any atom is -0.497 e. The molecule has 2 atom stereocenters. The van der Waals surface area contributed by atoms with E-state index in [-0.39, 0.29) is 5.78 Å². The molecule has 0 fully saturated rings. The summed E-state index contributed by atoms with van der Waals surface area (Å²) in [6.07, 6.45) is 0.414. The van der Waals surface area contributed by atoms with E-state index in [4.69, 9.17) is 4.74 Å². The Morgan fingerprint density at radius 3 is 2.75 bits per heavy atom. The van der Waals surface area contributed by atoms with Gasteiger partial charge in [-0.15, -0.1) is 0 Å². The molecule has 0 aliphatic carbocycles. The van der Waals surface area contributed by atoms with Crippen LogP contribution in [0.1, 0.15) is 20.3 Å². The van der Waals surface area contributed by atoms with Crippen LogP contribution in [-0.4, -0.2) is 22.4 Å². The number of carbonyl (C=O) groups excluding carboxylic acids is 1. The van der Waals surface area contributed by atoms with Crippen molar-refractivity contribution in [3.63, 3.8) is 0 Å². The number of Topliss-reactive ketones (excluding diaryl/α,β-unsaturated/α-hetero) is 1. The summed E-state index contributed by atoms with van der Waals surface area (Å²) >= 11 is 0. The van der Waals surface area contributed by atoms with E-state index in [1.165, 1.54) is 0 Å². The zero-order valence-corrected chi connectivity index (χ0v) is 10.5. The Labute approximate surface area is 98.3 Å². The number of hydrogen-bond donors (Lipinski definition) is 0. The van der Waals surface area contributed by atoms with Crippen molar-refractivity contribution in [3.8, 4) is 5.75 Å². The summed E-state index contributed by atoms with van der Waals surface area (Å²) < 4.78 is 17.1. The number of hydrogen-bond acceptors (Lipinski definition) is 3. The predicted molar refractivity (Wildman–Crippen MR) is 64.2 cm³/mol. The van der Waals surface area contributed by atoms with Crippen LogP contribution in [0.2, 0.25) is 0 Å². The maximum atomic E-state index is 12.0. The SMILES string of the molecule is CCC(=O)C(C)S(=O)c1cccc(OC)c1. The minimum atomic E-state index is -1.30. The van der Waals surface area contributed by atoms with Gasteiger partial charge in [0.25, 0.3) is 0 Å². The van der Waals surface area contributed by atoms with Crippen molar-refractivity contribution < 1.29 is 13.7 Å². The molecule has 2 unspecified atom stereocenters. The summed E-state index contributed by atoms with van der Waals surface area (Å²) in [5.41, 5.74) is 0. The first-order valence-electron chi connectivity index (χ1n) is 5.17. The fraction of sp³-hybridized carbons (Fsp3) is 0.417. The molecule has 0 bridgehead atoms. The van der Waals surface area contributed by atoms with Gasteiger partial charge in [-0.25, -0.2) is 0 Å². The second-order valence-electron chi connectivity index (χ2n) is 3.44. The van der Waals surface area contributed by atoms with E-state index >= 15 is 0 Å². The third kappa shape index (κ3) is 2.92. The second-order valence-corrected chi connectivity index (χ2v) is 5.21. The molecule has 0 aliphatic rings. The van der Waals surface area contributed by atoms with Gasteiger partial charge in [0.05, 0.1) is 23.2 Å². The second kappa shape index (κ2) is 5.80. The molecule has 0 heterocycles. The zero-order valence-electron chi connectivity index (χ0n) is 9.73. The third-order valence-electron chi connectivity index (χ3n) is 2.40. The van der Waals surface area contributed by atoms with Gasteiger partial charge in [-0.1, -0.05) is 13.0 Å². The Bertz CT molecular complexity index is 401. The average molecular weight is 240 g/mol. The van der Waals surface area contributed by atoms with Gasteiger partial charge < -0.3 is 4.74 Å². The van der Waals surface area contributed by atoms with Crippen LogP contribution in [-0.2, 0) is 15.6 Å². The summed E-state index contributed by atoms with van der Waals surface area (Å²) in [6, 6.07) is 7.01. The normalized spacial score (nSPS) is 14.2. The van der Waals surface area contributed by atoms with Crippen LogP contribution in [0.15, 0.2) is 29.2 Å². The third-order valence-corrected chi connectivity index (χ3v) is 4.02. The molecule has 0 aliphatic heterocycles. The molecule has 0 aromatic heterocycles. The molecule has 0 spiro atoms. The first kappa shape index (κ1) is 12.9. The summed E-state index contributed by atoms with van der Waals surface area (Å²) in [6.45, 7) is 3.48. The highest BCUT2D eigenvalue weighted by Crippen LogP contribution is 2.18. The van der Waals surface area contributed by atoms with E-state index in [1.807, 2.05) is 0 Å². The van der Waals surface area contributed by atoms with Gasteiger partial charge in [-0.3, -0.25) is 9.00 Å². The highest BCUT2D eigenvalue weighted by Gasteiger charge is 2.19. The molecular weight excluding hydrogens is 224 g/mol. The molecule has 1 aromatic rings. The highest BCUT2D eigenvalue weighted by atomic mass is 32.2. The van der Waals surface area contributed by atoms with Gasteiger partial charge in [-0.2, -0.15) is 0 Å². The van der Waals surface area contributed by atoms with Crippen LogP contribution in [0.4, 0.5) is 0 Å². The highest BCUT2D eigenvalue weighted by molar-refractivity contribution is 7.86. The largest absolute Gasteiger partial charge is 0.497 e. The van der Waals surface area contributed by atoms with Crippen molar-refractivity contribution in [2.75, 3.05) is 7.11 Å². The van der Waals surface area contributed by atoms with Gasteiger partial charge in [0.15, 0.2) is 0 Å². The predicted octanol–water partition coefficient (Wildman–Crippen LogP) is 2.17. The van der Waals surface area contributed by atoms with Crippen LogP contribution in [0.3, 0.4) is 0 Å². The Morgan fingerprint density at radius 1 is 1.50 bits per heavy atom. The van der Waals surface area contributed by atoms with E-state index in [9.17, 15) is 9.00 Å². The Balaban J connectivity index is 2.91. The minimum absolute atomic E-state index is 0.0150. The summed E-state index contributed by atoms with van der Waals surface area (Å²) in [4.78, 5) is 12.1. The molecule has 0 radical (unpaired) electrons. The van der Waals surface area contributed by atoms with Crippen molar-refractivity contribution >= 4 is 16.6 Å². The molecule has 4 heteroatoms. The molecule has 16 heavy (non-hydrogen) atoms. The molecule has 1 rings (SSSR count). The molecule has 0 N–H and O–H groups in total. The maximum absolute atomic E-state index is 12.0. The molecule has 3 nitrogen and oxygen atoms in total. The van der Waals surface area contributed by atoms with Crippen LogP contribution in [0, 0.1) is 0 Å². The molecule has 1 aromatic carbocycles. The van der Waals surface area contributed by atoms with Gasteiger partial charge in [-0.05, 0) is 25.1 Å². The van der Waals surface area contributed by atoms with E-state index in [2.05, 4.69) is 0 Å². The summed E-state index contributed by atoms with van der Waals surface area (Å²) in [5, 5.41) is -0.461. The lowest BCUT2D eigenvalue weighted by Gasteiger charge is -2.10. The van der Waals surface area contributed by atoms with Crippen molar-refractivity contribution in [3.05, 3.63) is 24.3 Å². The number of rotatable bonds is 5. The molecule has 0 saturated carbocycles. The smallest absolute Gasteiger partial charge is 0.148 e. The number of ketones is 1. The Kier molecular flexibility index (Phi) is 4.68. The van der Waals surface area contributed by atoms with Crippen LogP contribution >= 0.6 is 0 Å². The monoisotopic (exact) mass is 240 g/mol. The van der Waals surface area contributed by atoms with Gasteiger partial charge in [0, 0.05) is 11.3 Å². The number of benzene rings is 1. The van der Waals surface area contributed by atoms with Gasteiger partial charge >= 0.3 is 0 Å². The van der Waals surface area contributed by atoms with E-state index < -0.39 is 16.0 Å². The zero-order chi connectivity index (χ0) is 12.1. The van der Waals surface area contributed by atoms with Gasteiger partial charge in [0.2, 0.25) is 0 Å². The van der Waals surface area contributed by atoms with E-state index in [1.54, 1.807) is 45.2 Å². The first-order chi connectivity index (χ1) is 7.60. The number of carbonyl (C=O) groups is 1. The van der Waals surface area contributed by atoms with Crippen LogP contribution in [0.5, 0.6) is 5.75 Å². The molecule has 0 saturated heterocycles. The summed E-state index contributed by atoms with van der Waals surface area (Å²) in [7, 11) is 0.259. The number of methoxy groups -OCH3 is 1. The summed E-state index contributed by atoms with van der Waals surface area (Å²) in [5.74, 6) is 0.670. The van der Waals surface area contributed by atoms with Crippen molar-refractivity contribution in [1.82, 2.24) is 0 Å². The van der Waals surface area contributed by atoms with Gasteiger partial charge in [0.1, 0.15) is 11.5 Å². The molecule has 88 valence electrons. The maximum Gasteiger partial charge on any atom is 0.148 e. The quantitative estimate of drug-likeness (QED) is 0.792. The Hall–Kier alpha value is -1.16. The standard InChI is InChI=1S/C12H16O3S/c1-4-12(13)9(2)16(14)11-7-5-6-10(8-11)15-3/h5-9H,4H2,1-3H3.